The van der Waals surface area contributed by atoms with Crippen molar-refractivity contribution in [3.63, 3.8) is 0 Å². The quantitative estimate of drug-likeness (QED) is 0.601. The zero-order valence-electron chi connectivity index (χ0n) is 16.6. The molecule has 0 radical (unpaired) electrons. The molecule has 6 nitrogen and oxygen atoms in total. The Morgan fingerprint density at radius 2 is 1.72 bits per heavy atom. The van der Waals surface area contributed by atoms with Crippen LogP contribution in [0.2, 0.25) is 0 Å². The lowest BCUT2D eigenvalue weighted by atomic mass is 10.1. The number of ether oxygens (including phenoxy) is 3. The third kappa shape index (κ3) is 4.85. The summed E-state index contributed by atoms with van der Waals surface area (Å²) in [6, 6.07) is 18.2. The molecule has 1 amide bonds. The van der Waals surface area contributed by atoms with Gasteiger partial charge in [0, 0.05) is 5.69 Å². The van der Waals surface area contributed by atoms with Crippen LogP contribution in [0.25, 0.3) is 10.8 Å². The van der Waals surface area contributed by atoms with Gasteiger partial charge >= 0.3 is 5.97 Å². The van der Waals surface area contributed by atoms with Crippen molar-refractivity contribution in [2.45, 2.75) is 20.0 Å². The summed E-state index contributed by atoms with van der Waals surface area (Å²) in [6.07, 6.45) is -0.966. The Bertz CT molecular complexity index is 1030. The summed E-state index contributed by atoms with van der Waals surface area (Å²) in [4.78, 5) is 24.9. The van der Waals surface area contributed by atoms with Crippen molar-refractivity contribution in [2.75, 3.05) is 19.0 Å². The summed E-state index contributed by atoms with van der Waals surface area (Å²) in [5.74, 6) is -0.0647. The van der Waals surface area contributed by atoms with E-state index < -0.39 is 18.0 Å². The molecule has 29 heavy (non-hydrogen) atoms. The molecule has 0 spiro atoms. The van der Waals surface area contributed by atoms with Gasteiger partial charge in [-0.2, -0.15) is 0 Å². The Morgan fingerprint density at radius 3 is 2.45 bits per heavy atom. The van der Waals surface area contributed by atoms with E-state index in [1.54, 1.807) is 18.2 Å². The van der Waals surface area contributed by atoms with Gasteiger partial charge in [0.15, 0.2) is 17.6 Å². The van der Waals surface area contributed by atoms with Gasteiger partial charge in [0.1, 0.15) is 0 Å². The molecular formula is C23H23NO5. The summed E-state index contributed by atoms with van der Waals surface area (Å²) in [5.41, 5.74) is 0.916. The van der Waals surface area contributed by atoms with Gasteiger partial charge in [0.05, 0.1) is 19.3 Å². The minimum absolute atomic E-state index is 0.277. The topological polar surface area (TPSA) is 73.9 Å². The van der Waals surface area contributed by atoms with Crippen molar-refractivity contribution >= 4 is 28.3 Å². The Morgan fingerprint density at radius 1 is 0.966 bits per heavy atom. The number of nitrogens with one attached hydrogen (secondary N) is 1. The standard InChI is InChI=1S/C23H23NO5/c1-4-28-21-14-18(10-12-20(21)27-3)23(26)29-15(2)22(25)24-19-11-9-16-7-5-6-8-17(16)13-19/h5-15H,4H2,1-3H3,(H,24,25)/t15-/m0/s1. The molecule has 0 fully saturated rings. The zero-order valence-corrected chi connectivity index (χ0v) is 16.6. The second kappa shape index (κ2) is 9.10. The molecule has 0 saturated heterocycles. The molecule has 3 aromatic rings. The van der Waals surface area contributed by atoms with Gasteiger partial charge in [0.2, 0.25) is 0 Å². The van der Waals surface area contributed by atoms with Gasteiger partial charge in [-0.1, -0.05) is 30.3 Å². The van der Waals surface area contributed by atoms with Crippen LogP contribution in [0.15, 0.2) is 60.7 Å². The van der Waals surface area contributed by atoms with E-state index in [4.69, 9.17) is 14.2 Å². The van der Waals surface area contributed by atoms with Gasteiger partial charge in [-0.25, -0.2) is 4.79 Å². The summed E-state index contributed by atoms with van der Waals surface area (Å²) in [5, 5.41) is 4.87. The average Bonchev–Trinajstić information content (AvgIpc) is 2.73. The van der Waals surface area contributed by atoms with Gasteiger partial charge in [-0.15, -0.1) is 0 Å². The number of anilines is 1. The van der Waals surface area contributed by atoms with E-state index in [1.165, 1.54) is 14.0 Å². The van der Waals surface area contributed by atoms with Crippen molar-refractivity contribution in [3.8, 4) is 11.5 Å². The van der Waals surface area contributed by atoms with Crippen LogP contribution in [0.5, 0.6) is 11.5 Å². The number of carbonyl (C=O) groups is 2. The van der Waals surface area contributed by atoms with E-state index in [9.17, 15) is 9.59 Å². The first-order valence-corrected chi connectivity index (χ1v) is 9.33. The van der Waals surface area contributed by atoms with E-state index in [0.717, 1.165) is 10.8 Å². The smallest absolute Gasteiger partial charge is 0.339 e. The first-order chi connectivity index (χ1) is 14.0. The second-order valence-electron chi connectivity index (χ2n) is 6.40. The first kappa shape index (κ1) is 20.2. The summed E-state index contributed by atoms with van der Waals surface area (Å²) in [6.45, 7) is 3.80. The first-order valence-electron chi connectivity index (χ1n) is 9.33. The lowest BCUT2D eigenvalue weighted by Gasteiger charge is -2.15. The van der Waals surface area contributed by atoms with Crippen molar-refractivity contribution in [3.05, 3.63) is 66.2 Å². The maximum absolute atomic E-state index is 12.5. The molecule has 1 atom stereocenters. The van der Waals surface area contributed by atoms with Crippen molar-refractivity contribution in [2.24, 2.45) is 0 Å². The fourth-order valence-electron chi connectivity index (χ4n) is 2.87. The molecule has 0 aromatic heterocycles. The number of amides is 1. The van der Waals surface area contributed by atoms with Crippen molar-refractivity contribution in [1.82, 2.24) is 0 Å². The number of carbonyl (C=O) groups excluding carboxylic acids is 2. The Balaban J connectivity index is 1.66. The molecule has 0 bridgehead atoms. The van der Waals surface area contributed by atoms with Gasteiger partial charge in [-0.3, -0.25) is 4.79 Å². The molecular weight excluding hydrogens is 370 g/mol. The third-order valence-corrected chi connectivity index (χ3v) is 4.37. The highest BCUT2D eigenvalue weighted by atomic mass is 16.5. The van der Waals surface area contributed by atoms with Crippen LogP contribution >= 0.6 is 0 Å². The third-order valence-electron chi connectivity index (χ3n) is 4.37. The minimum atomic E-state index is -0.966. The normalized spacial score (nSPS) is 11.6. The molecule has 0 unspecified atom stereocenters. The monoisotopic (exact) mass is 393 g/mol. The SMILES string of the molecule is CCOc1cc(C(=O)O[C@@H](C)C(=O)Nc2ccc3ccccc3c2)ccc1OC. The number of fused-ring (bicyclic) bond motifs is 1. The van der Waals surface area contributed by atoms with Crippen LogP contribution in [0, 0.1) is 0 Å². The summed E-state index contributed by atoms with van der Waals surface area (Å²) in [7, 11) is 1.52. The highest BCUT2D eigenvalue weighted by molar-refractivity contribution is 5.99. The van der Waals surface area contributed by atoms with Crippen molar-refractivity contribution in [1.29, 1.82) is 0 Å². The average molecular weight is 393 g/mol. The van der Waals surface area contributed by atoms with E-state index in [0.29, 0.717) is 23.8 Å². The largest absolute Gasteiger partial charge is 0.493 e. The molecule has 150 valence electrons. The highest BCUT2D eigenvalue weighted by Crippen LogP contribution is 2.28. The maximum Gasteiger partial charge on any atom is 0.339 e. The molecule has 0 saturated carbocycles. The molecule has 0 aliphatic carbocycles. The van der Waals surface area contributed by atoms with Gasteiger partial charge in [-0.05, 0) is 55.0 Å². The van der Waals surface area contributed by atoms with Crippen LogP contribution in [0.4, 0.5) is 5.69 Å². The van der Waals surface area contributed by atoms with Crippen LogP contribution in [0.1, 0.15) is 24.2 Å². The molecule has 3 rings (SSSR count). The number of benzene rings is 3. The highest BCUT2D eigenvalue weighted by Gasteiger charge is 2.20. The molecule has 0 aliphatic heterocycles. The number of rotatable bonds is 7. The lowest BCUT2D eigenvalue weighted by Crippen LogP contribution is -2.30. The van der Waals surface area contributed by atoms with Gasteiger partial charge in [0.25, 0.3) is 5.91 Å². The van der Waals surface area contributed by atoms with E-state index in [-0.39, 0.29) is 5.56 Å². The fraction of sp³-hybridized carbons (Fsp3) is 0.217. The van der Waals surface area contributed by atoms with E-state index in [2.05, 4.69) is 5.32 Å². The Labute approximate surface area is 169 Å². The van der Waals surface area contributed by atoms with Gasteiger partial charge < -0.3 is 19.5 Å². The summed E-state index contributed by atoms with van der Waals surface area (Å²) >= 11 is 0. The van der Waals surface area contributed by atoms with E-state index in [1.807, 2.05) is 49.4 Å². The Hall–Kier alpha value is -3.54. The molecule has 6 heteroatoms. The fourth-order valence-corrected chi connectivity index (χ4v) is 2.87. The zero-order chi connectivity index (χ0) is 20.8. The maximum atomic E-state index is 12.5. The van der Waals surface area contributed by atoms with Crippen LogP contribution in [-0.2, 0) is 9.53 Å². The molecule has 3 aromatic carbocycles. The van der Waals surface area contributed by atoms with Crippen LogP contribution in [0.3, 0.4) is 0 Å². The minimum Gasteiger partial charge on any atom is -0.493 e. The second-order valence-corrected chi connectivity index (χ2v) is 6.40. The van der Waals surface area contributed by atoms with Crippen LogP contribution in [-0.4, -0.2) is 31.7 Å². The van der Waals surface area contributed by atoms with E-state index >= 15 is 0 Å². The predicted molar refractivity (Wildman–Crippen MR) is 112 cm³/mol. The Kier molecular flexibility index (Phi) is 6.34. The lowest BCUT2D eigenvalue weighted by molar-refractivity contribution is -0.123. The number of esters is 1. The summed E-state index contributed by atoms with van der Waals surface area (Å²) < 4.78 is 16.0. The number of methoxy groups -OCH3 is 1. The van der Waals surface area contributed by atoms with Crippen LogP contribution < -0.4 is 14.8 Å². The number of hydrogen-bond acceptors (Lipinski definition) is 5. The molecule has 0 aliphatic rings. The predicted octanol–water partition coefficient (Wildman–Crippen LogP) is 4.43. The van der Waals surface area contributed by atoms with Crippen molar-refractivity contribution < 1.29 is 23.8 Å². The number of hydrogen-bond donors (Lipinski definition) is 1. The molecule has 0 heterocycles. The molecule has 1 N–H and O–H groups in total.